The number of halogens is 1. The van der Waals surface area contributed by atoms with Gasteiger partial charge in [0.15, 0.2) is 5.13 Å². The molecular weight excluding hydrogens is 423 g/mol. The summed E-state index contributed by atoms with van der Waals surface area (Å²) >= 11 is 1.35. The van der Waals surface area contributed by atoms with E-state index < -0.39 is 17.5 Å². The van der Waals surface area contributed by atoms with Gasteiger partial charge in [0.05, 0.1) is 11.4 Å². The van der Waals surface area contributed by atoms with E-state index >= 15 is 0 Å². The molecule has 0 aliphatic carbocycles. The molecule has 1 aromatic carbocycles. The van der Waals surface area contributed by atoms with Crippen LogP contribution in [0.2, 0.25) is 0 Å². The highest BCUT2D eigenvalue weighted by atomic mass is 32.1. The number of benzene rings is 1. The highest BCUT2D eigenvalue weighted by molar-refractivity contribution is 7.13. The zero-order valence-electron chi connectivity index (χ0n) is 17.8. The Balaban J connectivity index is 1.76. The van der Waals surface area contributed by atoms with Crippen LogP contribution in [0.4, 0.5) is 25.7 Å². The number of unbranched alkanes of at least 4 members (excludes halogenated alkanes) is 2. The third-order valence-corrected chi connectivity index (χ3v) is 4.57. The number of nitrogens with zero attached hydrogens (tertiary/aromatic N) is 1. The van der Waals surface area contributed by atoms with E-state index in [4.69, 9.17) is 4.74 Å². The van der Waals surface area contributed by atoms with Crippen LogP contribution in [-0.2, 0) is 14.3 Å². The largest absolute Gasteiger partial charge is 0.444 e. The Morgan fingerprint density at radius 3 is 2.29 bits per heavy atom. The Morgan fingerprint density at radius 1 is 1.00 bits per heavy atom. The number of ether oxygens (including phenoxy) is 1. The average molecular weight is 451 g/mol. The molecule has 0 saturated heterocycles. The molecule has 0 radical (unpaired) electrons. The molecule has 3 N–H and O–H groups in total. The predicted octanol–water partition coefficient (Wildman–Crippen LogP) is 5.16. The maximum Gasteiger partial charge on any atom is 0.412 e. The van der Waals surface area contributed by atoms with Crippen molar-refractivity contribution in [1.29, 1.82) is 0 Å². The second-order valence-electron chi connectivity index (χ2n) is 7.81. The van der Waals surface area contributed by atoms with Gasteiger partial charge in [0, 0.05) is 24.4 Å². The number of nitrogens with one attached hydrogen (secondary N) is 3. The van der Waals surface area contributed by atoms with Gasteiger partial charge in [-0.2, -0.15) is 0 Å². The van der Waals surface area contributed by atoms with Gasteiger partial charge in [0.2, 0.25) is 11.8 Å². The van der Waals surface area contributed by atoms with Crippen LogP contribution in [0.5, 0.6) is 0 Å². The number of carbonyl (C=O) groups excluding carboxylic acids is 3. The molecule has 0 saturated carbocycles. The van der Waals surface area contributed by atoms with Crippen LogP contribution in [0.1, 0.15) is 52.9 Å². The molecule has 0 unspecified atom stereocenters. The quantitative estimate of drug-likeness (QED) is 0.457. The summed E-state index contributed by atoms with van der Waals surface area (Å²) in [5.74, 6) is -0.974. The zero-order valence-corrected chi connectivity index (χ0v) is 18.6. The molecule has 1 aromatic heterocycles. The molecule has 8 nitrogen and oxygen atoms in total. The molecule has 0 fully saturated rings. The molecule has 10 heteroatoms. The molecule has 0 spiro atoms. The van der Waals surface area contributed by atoms with Crippen molar-refractivity contribution in [3.63, 3.8) is 0 Å². The Bertz CT molecular complexity index is 897. The van der Waals surface area contributed by atoms with Crippen molar-refractivity contribution in [2.24, 2.45) is 0 Å². The van der Waals surface area contributed by atoms with E-state index in [2.05, 4.69) is 20.9 Å². The lowest BCUT2D eigenvalue weighted by Crippen LogP contribution is -2.27. The molecular formula is C21H27FN4O4S. The van der Waals surface area contributed by atoms with Crippen molar-refractivity contribution in [2.75, 3.05) is 16.0 Å². The summed E-state index contributed by atoms with van der Waals surface area (Å²) in [5, 5.41) is 10.2. The van der Waals surface area contributed by atoms with Gasteiger partial charge in [0.1, 0.15) is 11.4 Å². The highest BCUT2D eigenvalue weighted by Crippen LogP contribution is 2.24. The molecule has 2 aromatic rings. The van der Waals surface area contributed by atoms with E-state index in [1.165, 1.54) is 23.5 Å². The SMILES string of the molecule is CC(C)(C)OC(=O)Nc1ccc(F)cc1NC(=O)CCCCCC(=O)Nc1nccs1. The Kier molecular flexibility index (Phi) is 8.92. The van der Waals surface area contributed by atoms with Crippen molar-refractivity contribution < 1.29 is 23.5 Å². The van der Waals surface area contributed by atoms with Crippen LogP contribution >= 0.6 is 11.3 Å². The van der Waals surface area contributed by atoms with Gasteiger partial charge >= 0.3 is 6.09 Å². The Hall–Kier alpha value is -3.01. The normalized spacial score (nSPS) is 11.0. The maximum absolute atomic E-state index is 13.6. The first-order chi connectivity index (χ1) is 14.6. The third-order valence-electron chi connectivity index (χ3n) is 3.88. The van der Waals surface area contributed by atoms with E-state index in [0.29, 0.717) is 30.8 Å². The molecule has 1 heterocycles. The summed E-state index contributed by atoms with van der Waals surface area (Å²) in [6.07, 6.45) is 3.35. The second-order valence-corrected chi connectivity index (χ2v) is 8.71. The topological polar surface area (TPSA) is 109 Å². The number of amides is 3. The summed E-state index contributed by atoms with van der Waals surface area (Å²) in [4.78, 5) is 40.0. The van der Waals surface area contributed by atoms with Gasteiger partial charge in [-0.1, -0.05) is 6.42 Å². The number of hydrogen-bond donors (Lipinski definition) is 3. The molecule has 0 aliphatic rings. The van der Waals surface area contributed by atoms with Crippen LogP contribution in [-0.4, -0.2) is 28.5 Å². The first-order valence-corrected chi connectivity index (χ1v) is 10.8. The fourth-order valence-electron chi connectivity index (χ4n) is 2.57. The van der Waals surface area contributed by atoms with Crippen LogP contribution in [0.3, 0.4) is 0 Å². The summed E-state index contributed by atoms with van der Waals surface area (Å²) in [7, 11) is 0. The molecule has 0 bridgehead atoms. The number of carbonyl (C=O) groups is 3. The molecule has 31 heavy (non-hydrogen) atoms. The van der Waals surface area contributed by atoms with Gasteiger partial charge < -0.3 is 15.4 Å². The molecule has 2 rings (SSSR count). The molecule has 0 aliphatic heterocycles. The summed E-state index contributed by atoms with van der Waals surface area (Å²) in [5.41, 5.74) is -0.299. The lowest BCUT2D eigenvalue weighted by atomic mass is 10.1. The lowest BCUT2D eigenvalue weighted by Gasteiger charge is -2.20. The maximum atomic E-state index is 13.6. The number of anilines is 3. The minimum absolute atomic E-state index is 0.114. The van der Waals surface area contributed by atoms with Gasteiger partial charge in [-0.05, 0) is 51.8 Å². The summed E-state index contributed by atoms with van der Waals surface area (Å²) < 4.78 is 18.8. The van der Waals surface area contributed by atoms with Crippen LogP contribution < -0.4 is 16.0 Å². The molecule has 0 atom stereocenters. The van der Waals surface area contributed by atoms with E-state index in [9.17, 15) is 18.8 Å². The van der Waals surface area contributed by atoms with Gasteiger partial charge in [-0.15, -0.1) is 11.3 Å². The van der Waals surface area contributed by atoms with E-state index in [0.717, 1.165) is 6.07 Å². The van der Waals surface area contributed by atoms with Crippen LogP contribution in [0.25, 0.3) is 0 Å². The van der Waals surface area contributed by atoms with Crippen LogP contribution in [0.15, 0.2) is 29.8 Å². The zero-order chi connectivity index (χ0) is 22.9. The van der Waals surface area contributed by atoms with E-state index in [1.807, 2.05) is 0 Å². The first kappa shape index (κ1) is 24.3. The Morgan fingerprint density at radius 2 is 1.68 bits per heavy atom. The number of aromatic nitrogens is 1. The summed E-state index contributed by atoms with van der Waals surface area (Å²) in [6, 6.07) is 3.67. The number of rotatable bonds is 9. The smallest absolute Gasteiger partial charge is 0.412 e. The van der Waals surface area contributed by atoms with Gasteiger partial charge in [-0.25, -0.2) is 14.2 Å². The minimum atomic E-state index is -0.703. The fraction of sp³-hybridized carbons (Fsp3) is 0.429. The van der Waals surface area contributed by atoms with E-state index in [1.54, 1.807) is 32.3 Å². The van der Waals surface area contributed by atoms with Crippen LogP contribution in [0, 0.1) is 5.82 Å². The number of thiazole rings is 1. The highest BCUT2D eigenvalue weighted by Gasteiger charge is 2.18. The van der Waals surface area contributed by atoms with Crippen molar-refractivity contribution in [1.82, 2.24) is 4.98 Å². The Labute approximate surface area is 184 Å². The monoisotopic (exact) mass is 450 g/mol. The first-order valence-electron chi connectivity index (χ1n) is 9.91. The minimum Gasteiger partial charge on any atom is -0.444 e. The second kappa shape index (κ2) is 11.4. The van der Waals surface area contributed by atoms with E-state index in [-0.39, 0.29) is 29.6 Å². The lowest BCUT2D eigenvalue weighted by molar-refractivity contribution is -0.116. The molecule has 3 amide bonds. The van der Waals surface area contributed by atoms with Crippen molar-refractivity contribution in [3.05, 3.63) is 35.6 Å². The van der Waals surface area contributed by atoms with Gasteiger partial charge in [0.25, 0.3) is 0 Å². The van der Waals surface area contributed by atoms with Gasteiger partial charge in [-0.3, -0.25) is 14.9 Å². The molecule has 168 valence electrons. The van der Waals surface area contributed by atoms with Crippen molar-refractivity contribution in [3.8, 4) is 0 Å². The number of hydrogen-bond acceptors (Lipinski definition) is 6. The average Bonchev–Trinajstić information content (AvgIpc) is 3.15. The summed E-state index contributed by atoms with van der Waals surface area (Å²) in [6.45, 7) is 5.17. The third kappa shape index (κ3) is 9.56. The standard InChI is InChI=1S/C21H27FN4O4S/c1-21(2,3)30-20(29)25-15-10-9-14(22)13-16(15)24-17(27)7-5-4-6-8-18(28)26-19-23-11-12-31-19/h9-13H,4-8H2,1-3H3,(H,24,27)(H,25,29)(H,23,26,28). The van der Waals surface area contributed by atoms with Crippen molar-refractivity contribution in [2.45, 2.75) is 58.5 Å². The fourth-order valence-corrected chi connectivity index (χ4v) is 3.12. The predicted molar refractivity (Wildman–Crippen MR) is 119 cm³/mol. The van der Waals surface area contributed by atoms with Crippen molar-refractivity contribution >= 4 is 45.8 Å².